The third-order valence-corrected chi connectivity index (χ3v) is 5.49. The zero-order chi connectivity index (χ0) is 17.5. The predicted octanol–water partition coefficient (Wildman–Crippen LogP) is 0.114. The van der Waals surface area contributed by atoms with Gasteiger partial charge in [0.2, 0.25) is 15.9 Å². The fourth-order valence-corrected chi connectivity index (χ4v) is 3.72. The fourth-order valence-electron chi connectivity index (χ4n) is 3.18. The number of benzene rings is 1. The Morgan fingerprint density at radius 3 is 2.44 bits per heavy atom. The van der Waals surface area contributed by atoms with Crippen LogP contribution >= 0.6 is 12.4 Å². The maximum atomic E-state index is 12.2. The van der Waals surface area contributed by atoms with Crippen molar-refractivity contribution in [2.75, 3.05) is 24.2 Å². The van der Waals surface area contributed by atoms with Crippen LogP contribution < -0.4 is 15.4 Å². The molecule has 0 aromatic heterocycles. The zero-order valence-corrected chi connectivity index (χ0v) is 15.6. The Morgan fingerprint density at radius 2 is 1.92 bits per heavy atom. The number of sulfonamides is 1. The highest BCUT2D eigenvalue weighted by Crippen LogP contribution is 2.48. The quantitative estimate of drug-likeness (QED) is 0.661. The second-order valence-electron chi connectivity index (χ2n) is 6.87. The molecule has 1 amide bonds. The van der Waals surface area contributed by atoms with Gasteiger partial charge in [0.15, 0.2) is 0 Å². The average Bonchev–Trinajstić information content (AvgIpc) is 3.30. The smallest absolute Gasteiger partial charge is 0.244 e. The van der Waals surface area contributed by atoms with E-state index in [1.54, 1.807) is 0 Å². The minimum absolute atomic E-state index is 0. The molecule has 140 valence electrons. The van der Waals surface area contributed by atoms with E-state index < -0.39 is 22.2 Å². The van der Waals surface area contributed by atoms with Crippen LogP contribution in [0.2, 0.25) is 0 Å². The van der Waals surface area contributed by atoms with Crippen molar-refractivity contribution < 1.29 is 18.3 Å². The van der Waals surface area contributed by atoms with Gasteiger partial charge in [0, 0.05) is 17.6 Å². The average molecular weight is 390 g/mol. The van der Waals surface area contributed by atoms with Crippen LogP contribution in [0.15, 0.2) is 24.3 Å². The van der Waals surface area contributed by atoms with Crippen molar-refractivity contribution in [3.63, 3.8) is 0 Å². The molecule has 7 nitrogen and oxygen atoms in total. The standard InChI is InChI=1S/C16H23N3O4S.ClH/c1-24(22,23)18-10-16(6-7-16)11-2-4-12(5-3-11)19-9-13(20)8-14(17)15(19)21;/h2-5,13-14,18,20H,6-10,17H2,1H3;1H. The van der Waals surface area contributed by atoms with Gasteiger partial charge in [-0.2, -0.15) is 0 Å². The molecule has 1 aliphatic heterocycles. The summed E-state index contributed by atoms with van der Waals surface area (Å²) < 4.78 is 25.2. The first-order chi connectivity index (χ1) is 11.2. The number of anilines is 1. The first-order valence-electron chi connectivity index (χ1n) is 8.00. The number of aliphatic hydroxyl groups is 1. The van der Waals surface area contributed by atoms with Crippen molar-refractivity contribution in [3.05, 3.63) is 29.8 Å². The van der Waals surface area contributed by atoms with Crippen molar-refractivity contribution in [2.24, 2.45) is 5.73 Å². The molecule has 9 heteroatoms. The number of β-amino-alcohol motifs (C(OH)–C–C–N with tert-alkyl or cyclic N) is 1. The molecule has 0 bridgehead atoms. The lowest BCUT2D eigenvalue weighted by Gasteiger charge is -2.33. The molecule has 4 N–H and O–H groups in total. The van der Waals surface area contributed by atoms with Gasteiger partial charge in [-0.3, -0.25) is 4.79 Å². The second kappa shape index (κ2) is 7.20. The molecule has 2 atom stereocenters. The van der Waals surface area contributed by atoms with E-state index in [0.29, 0.717) is 12.2 Å². The lowest BCUT2D eigenvalue weighted by atomic mass is 9.95. The van der Waals surface area contributed by atoms with Gasteiger partial charge in [0.05, 0.1) is 24.9 Å². The van der Waals surface area contributed by atoms with Crippen molar-refractivity contribution in [1.29, 1.82) is 0 Å². The number of rotatable bonds is 5. The Morgan fingerprint density at radius 1 is 1.32 bits per heavy atom. The number of halogens is 1. The van der Waals surface area contributed by atoms with Gasteiger partial charge in [-0.15, -0.1) is 12.4 Å². The molecule has 1 heterocycles. The molecule has 1 aliphatic carbocycles. The van der Waals surface area contributed by atoms with Crippen LogP contribution in [0.1, 0.15) is 24.8 Å². The summed E-state index contributed by atoms with van der Waals surface area (Å²) in [6.45, 7) is 0.629. The number of amides is 1. The summed E-state index contributed by atoms with van der Waals surface area (Å²) >= 11 is 0. The monoisotopic (exact) mass is 389 g/mol. The molecular weight excluding hydrogens is 366 g/mol. The maximum Gasteiger partial charge on any atom is 0.244 e. The number of nitrogens with one attached hydrogen (secondary N) is 1. The van der Waals surface area contributed by atoms with Gasteiger partial charge in [0.25, 0.3) is 0 Å². The van der Waals surface area contributed by atoms with Crippen LogP contribution in [0.4, 0.5) is 5.69 Å². The number of hydrogen-bond acceptors (Lipinski definition) is 5. The molecule has 25 heavy (non-hydrogen) atoms. The van der Waals surface area contributed by atoms with E-state index in [4.69, 9.17) is 5.73 Å². The first-order valence-corrected chi connectivity index (χ1v) is 9.90. The van der Waals surface area contributed by atoms with Crippen LogP contribution in [-0.4, -0.2) is 50.9 Å². The summed E-state index contributed by atoms with van der Waals surface area (Å²) in [4.78, 5) is 13.7. The lowest BCUT2D eigenvalue weighted by molar-refractivity contribution is -0.122. The normalized spacial score (nSPS) is 25.4. The second-order valence-corrected chi connectivity index (χ2v) is 8.70. The first kappa shape index (κ1) is 20.1. The Labute approximate surface area is 154 Å². The van der Waals surface area contributed by atoms with Gasteiger partial charge < -0.3 is 15.7 Å². The Balaban J connectivity index is 0.00000225. The van der Waals surface area contributed by atoms with E-state index in [2.05, 4.69) is 4.72 Å². The summed E-state index contributed by atoms with van der Waals surface area (Å²) in [6.07, 6.45) is 2.68. The third-order valence-electron chi connectivity index (χ3n) is 4.82. The van der Waals surface area contributed by atoms with Crippen LogP contribution in [0.3, 0.4) is 0 Å². The van der Waals surface area contributed by atoms with Crippen LogP contribution in [0.25, 0.3) is 0 Å². The molecule has 1 aromatic rings. The molecule has 2 unspecified atom stereocenters. The number of nitrogens with two attached hydrogens (primary N) is 1. The highest BCUT2D eigenvalue weighted by atomic mass is 35.5. The van der Waals surface area contributed by atoms with Crippen molar-refractivity contribution in [1.82, 2.24) is 4.72 Å². The lowest BCUT2D eigenvalue weighted by Crippen LogP contribution is -2.53. The highest BCUT2D eigenvalue weighted by molar-refractivity contribution is 7.88. The Kier molecular flexibility index (Phi) is 5.80. The third kappa shape index (κ3) is 4.51. The number of hydrogen-bond donors (Lipinski definition) is 3. The van der Waals surface area contributed by atoms with E-state index in [0.717, 1.165) is 24.7 Å². The van der Waals surface area contributed by atoms with Gasteiger partial charge in [0.1, 0.15) is 0 Å². The summed E-state index contributed by atoms with van der Waals surface area (Å²) in [5.74, 6) is -0.187. The van der Waals surface area contributed by atoms with Gasteiger partial charge >= 0.3 is 0 Å². The highest BCUT2D eigenvalue weighted by Gasteiger charge is 2.44. The SMILES string of the molecule is CS(=O)(=O)NCC1(c2ccc(N3CC(O)CC(N)C3=O)cc2)CC1.Cl. The van der Waals surface area contributed by atoms with E-state index >= 15 is 0 Å². The molecule has 3 rings (SSSR count). The number of carbonyl (C=O) groups is 1. The van der Waals surface area contributed by atoms with Crippen LogP contribution in [0.5, 0.6) is 0 Å². The van der Waals surface area contributed by atoms with Crippen molar-refractivity contribution in [3.8, 4) is 0 Å². The van der Waals surface area contributed by atoms with E-state index in [-0.39, 0.29) is 36.7 Å². The van der Waals surface area contributed by atoms with E-state index in [1.807, 2.05) is 24.3 Å². The van der Waals surface area contributed by atoms with Crippen LogP contribution in [-0.2, 0) is 20.2 Å². The Bertz CT molecular complexity index is 734. The van der Waals surface area contributed by atoms with Crippen molar-refractivity contribution in [2.45, 2.75) is 36.8 Å². The summed E-state index contributed by atoms with van der Waals surface area (Å²) in [5.41, 5.74) is 7.37. The molecule has 0 radical (unpaired) electrons. The minimum atomic E-state index is -3.21. The van der Waals surface area contributed by atoms with E-state index in [9.17, 15) is 18.3 Å². The molecule has 0 spiro atoms. The summed E-state index contributed by atoms with van der Waals surface area (Å²) in [6, 6.07) is 6.83. The number of nitrogens with zero attached hydrogens (tertiary/aromatic N) is 1. The topological polar surface area (TPSA) is 113 Å². The summed E-state index contributed by atoms with van der Waals surface area (Å²) in [5, 5.41) is 9.83. The molecule has 2 aliphatic rings. The number of aliphatic hydroxyl groups excluding tert-OH is 1. The number of piperidine rings is 1. The van der Waals surface area contributed by atoms with E-state index in [1.165, 1.54) is 4.90 Å². The molecule has 1 saturated heterocycles. The number of carbonyl (C=O) groups excluding carboxylic acids is 1. The molecular formula is C16H24ClN3O4S. The van der Waals surface area contributed by atoms with Crippen molar-refractivity contribution >= 4 is 34.0 Å². The molecule has 1 aromatic carbocycles. The molecule has 2 fully saturated rings. The van der Waals surface area contributed by atoms with Crippen LogP contribution in [0, 0.1) is 0 Å². The zero-order valence-electron chi connectivity index (χ0n) is 14.0. The summed E-state index contributed by atoms with van der Waals surface area (Å²) in [7, 11) is -3.21. The van der Waals surface area contributed by atoms with Gasteiger partial charge in [-0.25, -0.2) is 13.1 Å². The maximum absolute atomic E-state index is 12.2. The fraction of sp³-hybridized carbons (Fsp3) is 0.562. The predicted molar refractivity (Wildman–Crippen MR) is 98.4 cm³/mol. The largest absolute Gasteiger partial charge is 0.391 e. The van der Waals surface area contributed by atoms with Gasteiger partial charge in [-0.1, -0.05) is 12.1 Å². The minimum Gasteiger partial charge on any atom is -0.391 e. The molecule has 1 saturated carbocycles. The Hall–Kier alpha value is -1.19. The van der Waals surface area contributed by atoms with Gasteiger partial charge in [-0.05, 0) is 37.0 Å².